The van der Waals surface area contributed by atoms with Crippen LogP contribution in [-0.2, 0) is 9.31 Å². The number of rotatable bonds is 12. The highest BCUT2D eigenvalue weighted by atomic mass is 35.5. The number of fused-ring (bicyclic) bond motifs is 14. The second-order valence-electron chi connectivity index (χ2n) is 34.1. The van der Waals surface area contributed by atoms with E-state index in [9.17, 15) is 0 Å². The number of hydrogen-bond donors (Lipinski definition) is 0. The molecule has 12 nitrogen and oxygen atoms in total. The molecule has 16 aromatic carbocycles. The maximum atomic E-state index is 6.24. The molecule has 0 N–H and O–H groups in total. The summed E-state index contributed by atoms with van der Waals surface area (Å²) in [4.78, 5) is 28.9. The largest absolute Gasteiger partial charge is 0.496 e. The first-order valence-electron chi connectivity index (χ1n) is 43.9. The van der Waals surface area contributed by atoms with Crippen LogP contribution in [0.1, 0.15) is 27.7 Å². The van der Waals surface area contributed by atoms with Gasteiger partial charge < -0.3 is 27.6 Å². The minimum absolute atomic E-state index is 0.266. The van der Waals surface area contributed by atoms with Crippen LogP contribution in [-0.4, -0.2) is 66.5 Å². The van der Waals surface area contributed by atoms with E-state index in [2.05, 4.69) is 432 Å². The predicted molar refractivity (Wildman–Crippen MR) is 537 cm³/mol. The van der Waals surface area contributed by atoms with Crippen molar-refractivity contribution in [2.24, 2.45) is 0 Å². The molecule has 0 bridgehead atoms. The monoisotopic (exact) mass is 1690 g/mol. The summed E-state index contributed by atoms with van der Waals surface area (Å²) in [5.41, 5.74) is 26.9. The highest BCUT2D eigenvalue weighted by Crippen LogP contribution is 2.45. The van der Waals surface area contributed by atoms with Gasteiger partial charge in [0.15, 0.2) is 5.82 Å². The molecular formula is C116H82BClN10O2. The van der Waals surface area contributed by atoms with E-state index in [0.717, 1.165) is 106 Å². The molecule has 14 heteroatoms. The fourth-order valence-corrected chi connectivity index (χ4v) is 18.9. The Hall–Kier alpha value is -16.0. The lowest BCUT2D eigenvalue weighted by Gasteiger charge is -2.32. The molecule has 8 aromatic heterocycles. The first-order valence-corrected chi connectivity index (χ1v) is 44.3. The molecule has 1 aliphatic rings. The van der Waals surface area contributed by atoms with Crippen molar-refractivity contribution in [1.29, 1.82) is 0 Å². The van der Waals surface area contributed by atoms with Gasteiger partial charge in [0.25, 0.3) is 0 Å². The molecule has 0 amide bonds. The molecule has 9 heterocycles. The highest BCUT2D eigenvalue weighted by molar-refractivity contribution is 6.62. The Morgan fingerprint density at radius 3 is 1.12 bits per heavy atom. The molecule has 1 aliphatic heterocycles. The Bertz CT molecular complexity index is 8450. The number of pyridine rings is 2. The summed E-state index contributed by atoms with van der Waals surface area (Å²) in [5, 5.41) is 14.5. The Labute approximate surface area is 756 Å². The van der Waals surface area contributed by atoms with Crippen molar-refractivity contribution in [3.63, 3.8) is 0 Å². The Morgan fingerprint density at radius 1 is 0.277 bits per heavy atom. The van der Waals surface area contributed by atoms with Crippen LogP contribution >= 0.6 is 11.6 Å². The zero-order chi connectivity index (χ0) is 87.1. The molecule has 0 aliphatic carbocycles. The zero-order valence-corrected chi connectivity index (χ0v) is 72.4. The molecule has 25 rings (SSSR count). The van der Waals surface area contributed by atoms with Crippen LogP contribution in [0.25, 0.3) is 210 Å². The van der Waals surface area contributed by atoms with Gasteiger partial charge in [-0.3, -0.25) is 9.97 Å². The average Bonchev–Trinajstić information content (AvgIpc) is 1.56. The third kappa shape index (κ3) is 14.1. The van der Waals surface area contributed by atoms with Crippen molar-refractivity contribution in [2.75, 3.05) is 0 Å². The molecule has 618 valence electrons. The number of para-hydroxylation sites is 6. The Kier molecular flexibility index (Phi) is 19.6. The van der Waals surface area contributed by atoms with Crippen LogP contribution in [0.5, 0.6) is 0 Å². The van der Waals surface area contributed by atoms with E-state index in [0.29, 0.717) is 5.82 Å². The molecule has 130 heavy (non-hydrogen) atoms. The minimum atomic E-state index is -0.427. The summed E-state index contributed by atoms with van der Waals surface area (Å²) in [7, 11) is -0.427. The number of benzene rings is 16. The molecule has 0 saturated carbocycles. The topological polar surface area (TPSA) is 116 Å². The van der Waals surface area contributed by atoms with Crippen molar-refractivity contribution in [2.45, 2.75) is 38.9 Å². The van der Waals surface area contributed by atoms with Crippen molar-refractivity contribution < 1.29 is 9.31 Å². The van der Waals surface area contributed by atoms with Gasteiger partial charge in [0, 0.05) is 124 Å². The minimum Gasteiger partial charge on any atom is -0.399 e. The second-order valence-corrected chi connectivity index (χ2v) is 34.5. The van der Waals surface area contributed by atoms with Gasteiger partial charge in [-0.2, -0.15) is 0 Å². The SMILES string of the molecule is CC1(C)OB(c2ccc(-c3ccc4c(c3)c3ccc5c(ccn5-c5ccccc5)c3n4-c3ccccc3)nc2)OC1(C)C.Clc1nc(-c2ccc(-c3cccc4ccccc34)cc2)c2ccccc2n1.c1ccc(-n2ccc3c2ccc2c4cc(-c5ccc(-c6nc(-c7ccc(-c8cccc9ccccc89)cc7)c7ccccc7n6)cn5)ccc4n(-c4ccccc4)c23)cc1. The van der Waals surface area contributed by atoms with Gasteiger partial charge in [0.1, 0.15) is 0 Å². The van der Waals surface area contributed by atoms with Crippen molar-refractivity contribution in [3.05, 3.63) is 430 Å². The van der Waals surface area contributed by atoms with Crippen LogP contribution in [0.3, 0.4) is 0 Å². The third-order valence-corrected chi connectivity index (χ3v) is 26.1. The quantitative estimate of drug-likeness (QED) is 0.0877. The third-order valence-electron chi connectivity index (χ3n) is 25.9. The molecule has 24 aromatic rings. The molecule has 0 atom stereocenters. The van der Waals surface area contributed by atoms with Gasteiger partial charge in [-0.05, 0) is 210 Å². The van der Waals surface area contributed by atoms with E-state index in [1.165, 1.54) is 104 Å². The van der Waals surface area contributed by atoms with Gasteiger partial charge in [-0.1, -0.05) is 273 Å². The lowest BCUT2D eigenvalue weighted by molar-refractivity contribution is 0.00578. The molecule has 1 saturated heterocycles. The van der Waals surface area contributed by atoms with Gasteiger partial charge in [0.2, 0.25) is 5.28 Å². The van der Waals surface area contributed by atoms with Gasteiger partial charge >= 0.3 is 7.12 Å². The second kappa shape index (κ2) is 32.4. The first kappa shape index (κ1) is 78.7. The number of aromatic nitrogens is 10. The lowest BCUT2D eigenvalue weighted by Crippen LogP contribution is -2.41. The molecule has 1 fully saturated rings. The summed E-state index contributed by atoms with van der Waals surface area (Å²) in [6.07, 6.45) is 8.13. The normalized spacial score (nSPS) is 13.0. The van der Waals surface area contributed by atoms with E-state index in [1.807, 2.05) is 48.8 Å². The molecule has 0 unspecified atom stereocenters. The van der Waals surface area contributed by atoms with Crippen LogP contribution in [0.15, 0.2) is 425 Å². The Morgan fingerprint density at radius 2 is 0.662 bits per heavy atom. The fourth-order valence-electron chi connectivity index (χ4n) is 18.7. The lowest BCUT2D eigenvalue weighted by atomic mass is 9.80. The van der Waals surface area contributed by atoms with Crippen molar-refractivity contribution >= 4 is 133 Å². The highest BCUT2D eigenvalue weighted by Gasteiger charge is 2.52. The van der Waals surface area contributed by atoms with Gasteiger partial charge in [0.05, 0.1) is 78.1 Å². The van der Waals surface area contributed by atoms with E-state index in [4.69, 9.17) is 40.8 Å². The van der Waals surface area contributed by atoms with E-state index >= 15 is 0 Å². The summed E-state index contributed by atoms with van der Waals surface area (Å²) in [6, 6.07) is 141. The van der Waals surface area contributed by atoms with Crippen molar-refractivity contribution in [1.82, 2.24) is 48.2 Å². The standard InChI is InChI=1S/C55H35N5.C37H32BN3O2.C24H15ClN2/c1-3-14-41(15-4-1)59-33-32-47-51(59)31-28-45-48-34-39(27-30-52(48)60(54(45)47)42-16-5-2-6-17-42)49-29-26-40(35-56-49)55-57-50-21-10-9-19-46(50)53(58-55)38-24-22-37(23-25-38)44-20-11-13-36-12-7-8-18-43(36)44;1-36(2)37(3,4)43-38(42-36)26-16-18-32(39-24-26)25-15-19-34-31(23-25)29-17-20-33-30(21-22-40(33)27-11-7-5-8-12-27)35(29)41(34)28-13-9-6-10-14-28;25-24-26-22-11-4-3-9-21(22)23(27-24)18-14-12-17(13-15-18)20-10-5-7-16-6-1-2-8-19(16)20/h1-35H;5-24H,1-4H3;1-15H. The van der Waals surface area contributed by atoms with Crippen LogP contribution in [0.4, 0.5) is 0 Å². The maximum absolute atomic E-state index is 6.24. The summed E-state index contributed by atoms with van der Waals surface area (Å²) in [5.74, 6) is 0.647. The average molecular weight is 1690 g/mol. The zero-order valence-electron chi connectivity index (χ0n) is 71.7. The van der Waals surface area contributed by atoms with E-state index < -0.39 is 7.12 Å². The molecule has 0 spiro atoms. The summed E-state index contributed by atoms with van der Waals surface area (Å²) in [6.45, 7) is 8.28. The number of nitrogens with zero attached hydrogens (tertiary/aromatic N) is 10. The van der Waals surface area contributed by atoms with Crippen LogP contribution < -0.4 is 5.46 Å². The van der Waals surface area contributed by atoms with E-state index in [1.54, 1.807) is 0 Å². The predicted octanol–water partition coefficient (Wildman–Crippen LogP) is 28.7. The fraction of sp³-hybridized carbons (Fsp3) is 0.0517. The van der Waals surface area contributed by atoms with Crippen LogP contribution in [0, 0.1) is 0 Å². The molecular weight excluding hydrogens is 1610 g/mol. The molecule has 0 radical (unpaired) electrons. The smallest absolute Gasteiger partial charge is 0.399 e. The summed E-state index contributed by atoms with van der Waals surface area (Å²) >= 11 is 6.14. The van der Waals surface area contributed by atoms with E-state index in [-0.39, 0.29) is 16.5 Å². The Balaban J connectivity index is 0.000000120. The van der Waals surface area contributed by atoms with Gasteiger partial charge in [-0.25, -0.2) is 19.9 Å². The van der Waals surface area contributed by atoms with Crippen molar-refractivity contribution in [3.8, 4) is 101 Å². The van der Waals surface area contributed by atoms with Gasteiger partial charge in [-0.15, -0.1) is 0 Å². The first-order chi connectivity index (χ1) is 63.8. The number of halogens is 1. The van der Waals surface area contributed by atoms with Crippen LogP contribution in [0.2, 0.25) is 5.28 Å². The maximum Gasteiger partial charge on any atom is 0.496 e. The number of hydrogen-bond acceptors (Lipinski definition) is 8. The summed E-state index contributed by atoms with van der Waals surface area (Å²) < 4.78 is 21.8.